The molecule has 0 aliphatic rings. The summed E-state index contributed by atoms with van der Waals surface area (Å²) in [6, 6.07) is 5.10. The van der Waals surface area contributed by atoms with Crippen LogP contribution in [0.25, 0.3) is 0 Å². The molecule has 0 spiro atoms. The van der Waals surface area contributed by atoms with Gasteiger partial charge in [-0.2, -0.15) is 13.2 Å². The summed E-state index contributed by atoms with van der Waals surface area (Å²) in [7, 11) is 1.65. The van der Waals surface area contributed by atoms with Crippen LogP contribution in [0, 0.1) is 0 Å². The van der Waals surface area contributed by atoms with E-state index in [1.165, 1.54) is 12.1 Å². The summed E-state index contributed by atoms with van der Waals surface area (Å²) in [4.78, 5) is 8.70. The largest absolute Gasteiger partial charge is 0.416 e. The van der Waals surface area contributed by atoms with Crippen molar-refractivity contribution in [1.82, 2.24) is 15.6 Å². The van der Waals surface area contributed by atoms with E-state index in [1.807, 2.05) is 0 Å². The van der Waals surface area contributed by atoms with Gasteiger partial charge < -0.3 is 10.6 Å². The molecule has 0 fully saturated rings. The second-order valence-corrected chi connectivity index (χ2v) is 7.02. The highest BCUT2D eigenvalue weighted by Crippen LogP contribution is 2.29. The van der Waals surface area contributed by atoms with Crippen molar-refractivity contribution in [1.29, 1.82) is 0 Å². The molecule has 2 aromatic rings. The van der Waals surface area contributed by atoms with Crippen LogP contribution in [-0.2, 0) is 19.1 Å². The van der Waals surface area contributed by atoms with Crippen LogP contribution in [0.1, 0.15) is 41.6 Å². The van der Waals surface area contributed by atoms with Crippen LogP contribution in [0.4, 0.5) is 13.2 Å². The minimum Gasteiger partial charge on any atom is -0.356 e. The summed E-state index contributed by atoms with van der Waals surface area (Å²) in [5, 5.41) is 9.47. The van der Waals surface area contributed by atoms with Crippen LogP contribution in [0.15, 0.2) is 34.6 Å². The average molecular weight is 384 g/mol. The zero-order valence-electron chi connectivity index (χ0n) is 15.0. The molecule has 0 amide bonds. The molecular weight excluding hydrogens is 361 g/mol. The minimum atomic E-state index is -4.31. The lowest BCUT2D eigenvalue weighted by Gasteiger charge is -2.12. The number of hydrogen-bond acceptors (Lipinski definition) is 3. The third kappa shape index (κ3) is 6.01. The van der Waals surface area contributed by atoms with Gasteiger partial charge in [-0.25, -0.2) is 4.98 Å². The van der Waals surface area contributed by atoms with Crippen LogP contribution in [0.5, 0.6) is 0 Å². The number of alkyl halides is 3. The zero-order chi connectivity index (χ0) is 19.2. The van der Waals surface area contributed by atoms with Crippen molar-refractivity contribution < 1.29 is 13.2 Å². The molecule has 0 radical (unpaired) electrons. The van der Waals surface area contributed by atoms with Crippen LogP contribution in [0.3, 0.4) is 0 Å². The van der Waals surface area contributed by atoms with Crippen molar-refractivity contribution in [3.05, 3.63) is 51.5 Å². The second-order valence-electron chi connectivity index (χ2n) is 6.13. The van der Waals surface area contributed by atoms with Gasteiger partial charge in [-0.05, 0) is 17.7 Å². The molecule has 1 aromatic heterocycles. The van der Waals surface area contributed by atoms with Crippen LogP contribution < -0.4 is 10.6 Å². The first kappa shape index (κ1) is 20.2. The highest BCUT2D eigenvalue weighted by atomic mass is 32.1. The van der Waals surface area contributed by atoms with Gasteiger partial charge >= 0.3 is 6.18 Å². The van der Waals surface area contributed by atoms with Gasteiger partial charge in [-0.1, -0.05) is 26.0 Å². The standard InChI is InChI=1S/C18H23F3N4S/c1-12(2)16-25-15(11-26-16)8-9-23-17(22-3)24-10-13-4-6-14(7-5-13)18(19,20)21/h4-7,11-12H,8-10H2,1-3H3,(H2,22,23,24). The molecule has 26 heavy (non-hydrogen) atoms. The third-order valence-corrected chi connectivity index (χ3v) is 4.90. The Balaban J connectivity index is 1.78. The number of aromatic nitrogens is 1. The Labute approximate surface area is 155 Å². The number of halogens is 3. The molecule has 0 unspecified atom stereocenters. The lowest BCUT2D eigenvalue weighted by atomic mass is 10.1. The lowest BCUT2D eigenvalue weighted by Crippen LogP contribution is -2.37. The predicted molar refractivity (Wildman–Crippen MR) is 99.6 cm³/mol. The van der Waals surface area contributed by atoms with Crippen LogP contribution in [0.2, 0.25) is 0 Å². The molecule has 8 heteroatoms. The average Bonchev–Trinajstić information content (AvgIpc) is 3.06. The molecule has 0 saturated carbocycles. The van der Waals surface area contributed by atoms with Crippen molar-refractivity contribution in [3.8, 4) is 0 Å². The van der Waals surface area contributed by atoms with Gasteiger partial charge in [-0.15, -0.1) is 11.3 Å². The molecule has 1 aromatic carbocycles. The molecule has 1 heterocycles. The Kier molecular flexibility index (Phi) is 7.02. The van der Waals surface area contributed by atoms with E-state index in [0.717, 1.165) is 34.8 Å². The number of benzene rings is 1. The van der Waals surface area contributed by atoms with Gasteiger partial charge in [0.1, 0.15) is 0 Å². The van der Waals surface area contributed by atoms with Gasteiger partial charge in [0, 0.05) is 37.9 Å². The number of nitrogens with zero attached hydrogens (tertiary/aromatic N) is 2. The van der Waals surface area contributed by atoms with Gasteiger partial charge in [0.25, 0.3) is 0 Å². The lowest BCUT2D eigenvalue weighted by molar-refractivity contribution is -0.137. The third-order valence-electron chi connectivity index (χ3n) is 3.70. The molecule has 4 nitrogen and oxygen atoms in total. The number of aliphatic imine (C=N–C) groups is 1. The first-order chi connectivity index (χ1) is 12.3. The summed E-state index contributed by atoms with van der Waals surface area (Å²) in [5.41, 5.74) is 1.15. The molecule has 0 atom stereocenters. The van der Waals surface area contributed by atoms with E-state index in [0.29, 0.717) is 25.0 Å². The maximum Gasteiger partial charge on any atom is 0.416 e. The van der Waals surface area contributed by atoms with E-state index in [9.17, 15) is 13.2 Å². The fourth-order valence-electron chi connectivity index (χ4n) is 2.23. The molecule has 0 aliphatic heterocycles. The Hall–Kier alpha value is -2.09. The molecular formula is C18H23F3N4S. The topological polar surface area (TPSA) is 49.3 Å². The Morgan fingerprint density at radius 2 is 1.88 bits per heavy atom. The molecule has 0 bridgehead atoms. The maximum atomic E-state index is 12.6. The van der Waals surface area contributed by atoms with Crippen LogP contribution in [-0.4, -0.2) is 24.5 Å². The second kappa shape index (κ2) is 9.02. The Morgan fingerprint density at radius 3 is 2.42 bits per heavy atom. The molecule has 2 rings (SSSR count). The Bertz CT molecular complexity index is 721. The summed E-state index contributed by atoms with van der Waals surface area (Å²) < 4.78 is 37.7. The maximum absolute atomic E-state index is 12.6. The van der Waals surface area contributed by atoms with E-state index in [-0.39, 0.29) is 0 Å². The summed E-state index contributed by atoms with van der Waals surface area (Å²) in [6.45, 7) is 5.31. The van der Waals surface area contributed by atoms with Crippen molar-refractivity contribution in [2.45, 2.75) is 38.9 Å². The molecule has 2 N–H and O–H groups in total. The molecule has 142 valence electrons. The number of thiazole rings is 1. The van der Waals surface area contributed by atoms with E-state index >= 15 is 0 Å². The van der Waals surface area contributed by atoms with Crippen LogP contribution >= 0.6 is 11.3 Å². The fraction of sp³-hybridized carbons (Fsp3) is 0.444. The summed E-state index contributed by atoms with van der Waals surface area (Å²) >= 11 is 1.67. The van der Waals surface area contributed by atoms with Crippen molar-refractivity contribution in [2.24, 2.45) is 4.99 Å². The normalized spacial score (nSPS) is 12.5. The zero-order valence-corrected chi connectivity index (χ0v) is 15.8. The number of hydrogen-bond donors (Lipinski definition) is 2. The van der Waals surface area contributed by atoms with E-state index < -0.39 is 11.7 Å². The molecule has 0 aliphatic carbocycles. The summed E-state index contributed by atoms with van der Waals surface area (Å²) in [6.07, 6.45) is -3.53. The van der Waals surface area contributed by atoms with Gasteiger partial charge in [0.05, 0.1) is 16.3 Å². The van der Waals surface area contributed by atoms with E-state index in [4.69, 9.17) is 0 Å². The molecule has 0 saturated heterocycles. The first-order valence-corrected chi connectivity index (χ1v) is 9.22. The van der Waals surface area contributed by atoms with Crippen molar-refractivity contribution in [2.75, 3.05) is 13.6 Å². The highest BCUT2D eigenvalue weighted by Gasteiger charge is 2.29. The number of guanidine groups is 1. The Morgan fingerprint density at radius 1 is 1.19 bits per heavy atom. The number of nitrogens with one attached hydrogen (secondary N) is 2. The predicted octanol–water partition coefficient (Wildman–Crippen LogP) is 4.19. The monoisotopic (exact) mass is 384 g/mol. The van der Waals surface area contributed by atoms with Crippen molar-refractivity contribution in [3.63, 3.8) is 0 Å². The van der Waals surface area contributed by atoms with E-state index in [2.05, 4.69) is 39.8 Å². The fourth-order valence-corrected chi connectivity index (χ4v) is 3.10. The first-order valence-electron chi connectivity index (χ1n) is 8.34. The minimum absolute atomic E-state index is 0.395. The van der Waals surface area contributed by atoms with Gasteiger partial charge in [0.2, 0.25) is 0 Å². The quantitative estimate of drug-likeness (QED) is 0.580. The SMILES string of the molecule is CN=C(NCCc1csc(C(C)C)n1)NCc1ccc(C(F)(F)F)cc1. The van der Waals surface area contributed by atoms with Crippen molar-refractivity contribution >= 4 is 17.3 Å². The van der Waals surface area contributed by atoms with Gasteiger partial charge in [0.15, 0.2) is 5.96 Å². The number of rotatable bonds is 6. The summed E-state index contributed by atoms with van der Waals surface area (Å²) in [5.74, 6) is 1.03. The smallest absolute Gasteiger partial charge is 0.356 e. The highest BCUT2D eigenvalue weighted by molar-refractivity contribution is 7.09. The van der Waals surface area contributed by atoms with Gasteiger partial charge in [-0.3, -0.25) is 4.99 Å². The van der Waals surface area contributed by atoms with E-state index in [1.54, 1.807) is 18.4 Å².